The van der Waals surface area contributed by atoms with Gasteiger partial charge in [-0.2, -0.15) is 0 Å². The zero-order valence-corrected chi connectivity index (χ0v) is 27.6. The molecule has 11 heteroatoms. The van der Waals surface area contributed by atoms with Crippen LogP contribution in [0.15, 0.2) is 81.7 Å². The Morgan fingerprint density at radius 1 is 0.978 bits per heavy atom. The lowest BCUT2D eigenvalue weighted by molar-refractivity contribution is -0.139. The van der Waals surface area contributed by atoms with Crippen molar-refractivity contribution in [2.24, 2.45) is 4.99 Å². The standard InChI is InChI=1S/C34H32Cl2N2O6S/c1-5-9-25-30(33(40)43-6-2)31(22-10-7-8-11-26(22)41-3)38-32(39)29(45-34(38)37-25)18-20-13-15-27(28(17-20)42-4)44-19-21-12-14-23(35)24(36)16-21/h7-8,10-18,31H,5-6,9,19H2,1-4H3/b29-18-/t31-/m0/s1. The summed E-state index contributed by atoms with van der Waals surface area (Å²) < 4.78 is 24.8. The second kappa shape index (κ2) is 14.4. The molecule has 0 bridgehead atoms. The van der Waals surface area contributed by atoms with Gasteiger partial charge in [-0.15, -0.1) is 0 Å². The molecule has 3 aromatic carbocycles. The van der Waals surface area contributed by atoms with E-state index in [4.69, 9.17) is 47.1 Å². The summed E-state index contributed by atoms with van der Waals surface area (Å²) in [6, 6.07) is 17.3. The highest BCUT2D eigenvalue weighted by molar-refractivity contribution is 7.07. The molecule has 1 atom stereocenters. The minimum atomic E-state index is -0.771. The number of aromatic nitrogens is 1. The third kappa shape index (κ3) is 6.81. The van der Waals surface area contributed by atoms with Gasteiger partial charge in [0.2, 0.25) is 0 Å². The molecular weight excluding hydrogens is 635 g/mol. The second-order valence-corrected chi connectivity index (χ2v) is 11.9. The van der Waals surface area contributed by atoms with Crippen molar-refractivity contribution in [2.45, 2.75) is 39.3 Å². The van der Waals surface area contributed by atoms with Crippen LogP contribution in [0.25, 0.3) is 6.08 Å². The van der Waals surface area contributed by atoms with E-state index >= 15 is 0 Å². The molecular formula is C34H32Cl2N2O6S. The minimum Gasteiger partial charge on any atom is -0.496 e. The molecule has 1 aliphatic rings. The first-order valence-corrected chi connectivity index (χ1v) is 16.0. The number of hydrogen-bond acceptors (Lipinski definition) is 8. The van der Waals surface area contributed by atoms with Crippen molar-refractivity contribution < 1.29 is 23.7 Å². The number of carbonyl (C=O) groups is 1. The van der Waals surface area contributed by atoms with Crippen molar-refractivity contribution in [3.05, 3.63) is 118 Å². The monoisotopic (exact) mass is 666 g/mol. The predicted octanol–water partition coefficient (Wildman–Crippen LogP) is 6.48. The molecule has 5 rings (SSSR count). The van der Waals surface area contributed by atoms with Crippen LogP contribution in [0.4, 0.5) is 0 Å². The van der Waals surface area contributed by atoms with Crippen molar-refractivity contribution in [2.75, 3.05) is 20.8 Å². The van der Waals surface area contributed by atoms with Gasteiger partial charge in [-0.1, -0.05) is 78.2 Å². The van der Waals surface area contributed by atoms with Crippen LogP contribution in [0.5, 0.6) is 17.2 Å². The average Bonchev–Trinajstić information content (AvgIpc) is 3.35. The molecule has 234 valence electrons. The number of hydrogen-bond donors (Lipinski definition) is 0. The maximum Gasteiger partial charge on any atom is 0.338 e. The van der Waals surface area contributed by atoms with Gasteiger partial charge >= 0.3 is 5.97 Å². The van der Waals surface area contributed by atoms with Gasteiger partial charge in [0.05, 0.1) is 46.7 Å². The Hall–Kier alpha value is -4.05. The molecule has 2 heterocycles. The first-order valence-electron chi connectivity index (χ1n) is 14.4. The Kier molecular flexibility index (Phi) is 10.3. The van der Waals surface area contributed by atoms with Gasteiger partial charge in [0.25, 0.3) is 5.56 Å². The maximum absolute atomic E-state index is 14.1. The molecule has 0 aliphatic carbocycles. The molecule has 4 aromatic rings. The van der Waals surface area contributed by atoms with E-state index in [0.717, 1.165) is 17.5 Å². The lowest BCUT2D eigenvalue weighted by atomic mass is 9.93. The molecule has 0 unspecified atom stereocenters. The third-order valence-electron chi connectivity index (χ3n) is 7.19. The van der Waals surface area contributed by atoms with Crippen molar-refractivity contribution in [1.82, 2.24) is 4.57 Å². The highest BCUT2D eigenvalue weighted by Crippen LogP contribution is 2.37. The van der Waals surface area contributed by atoms with Gasteiger partial charge in [-0.25, -0.2) is 9.79 Å². The van der Waals surface area contributed by atoms with E-state index < -0.39 is 12.0 Å². The van der Waals surface area contributed by atoms with Gasteiger partial charge in [0.15, 0.2) is 16.3 Å². The van der Waals surface area contributed by atoms with Crippen LogP contribution < -0.4 is 29.1 Å². The number of allylic oxidation sites excluding steroid dienone is 1. The number of thiazole rings is 1. The van der Waals surface area contributed by atoms with Gasteiger partial charge < -0.3 is 18.9 Å². The molecule has 45 heavy (non-hydrogen) atoms. The van der Waals surface area contributed by atoms with E-state index in [9.17, 15) is 9.59 Å². The number of halogens is 2. The summed E-state index contributed by atoms with van der Waals surface area (Å²) in [6.07, 6.45) is 3.09. The second-order valence-electron chi connectivity index (χ2n) is 10.1. The molecule has 0 amide bonds. The molecule has 0 fully saturated rings. The first kappa shape index (κ1) is 32.3. The molecule has 1 aromatic heterocycles. The van der Waals surface area contributed by atoms with E-state index in [1.54, 1.807) is 56.1 Å². The summed E-state index contributed by atoms with van der Waals surface area (Å²) in [4.78, 5) is 32.9. The third-order valence-corrected chi connectivity index (χ3v) is 8.91. The number of esters is 1. The van der Waals surface area contributed by atoms with Crippen LogP contribution in [0.2, 0.25) is 10.0 Å². The largest absolute Gasteiger partial charge is 0.496 e. The predicted molar refractivity (Wildman–Crippen MR) is 176 cm³/mol. The number of benzene rings is 3. The van der Waals surface area contributed by atoms with E-state index in [1.165, 1.54) is 11.3 Å². The number of rotatable bonds is 11. The Morgan fingerprint density at radius 3 is 2.47 bits per heavy atom. The molecule has 0 N–H and O–H groups in total. The Labute approximate surface area is 274 Å². The van der Waals surface area contributed by atoms with E-state index in [0.29, 0.717) is 59.9 Å². The number of para-hydroxylation sites is 1. The lowest BCUT2D eigenvalue weighted by Gasteiger charge is -2.26. The SMILES string of the molecule is CCCC1=C(C(=O)OCC)[C@H](c2ccccc2OC)n2c(s/c(=C\c3ccc(OCc4ccc(Cl)c(Cl)c4)c(OC)c3)c2=O)=N1. The molecule has 0 spiro atoms. The smallest absolute Gasteiger partial charge is 0.338 e. The number of methoxy groups -OCH3 is 2. The normalized spacial score (nSPS) is 14.5. The maximum atomic E-state index is 14.1. The lowest BCUT2D eigenvalue weighted by Crippen LogP contribution is -2.40. The Bertz CT molecular complexity index is 1950. The Balaban J connectivity index is 1.58. The summed E-state index contributed by atoms with van der Waals surface area (Å²) in [7, 11) is 3.12. The van der Waals surface area contributed by atoms with Crippen LogP contribution in [-0.4, -0.2) is 31.4 Å². The number of nitrogens with zero attached hydrogens (tertiary/aromatic N) is 2. The van der Waals surface area contributed by atoms with Crippen molar-refractivity contribution in [3.8, 4) is 17.2 Å². The fourth-order valence-electron chi connectivity index (χ4n) is 5.14. The minimum absolute atomic E-state index is 0.194. The Morgan fingerprint density at radius 2 is 1.76 bits per heavy atom. The summed E-state index contributed by atoms with van der Waals surface area (Å²) in [5.41, 5.74) is 2.91. The zero-order chi connectivity index (χ0) is 32.1. The highest BCUT2D eigenvalue weighted by Gasteiger charge is 2.35. The van der Waals surface area contributed by atoms with Crippen LogP contribution >= 0.6 is 34.5 Å². The van der Waals surface area contributed by atoms with Crippen LogP contribution in [0.1, 0.15) is 49.4 Å². The van der Waals surface area contributed by atoms with Crippen molar-refractivity contribution >= 4 is 46.6 Å². The average molecular weight is 668 g/mol. The molecule has 0 saturated carbocycles. The molecule has 0 radical (unpaired) electrons. The fraction of sp³-hybridized carbons (Fsp3) is 0.265. The van der Waals surface area contributed by atoms with Gasteiger partial charge in [0, 0.05) is 5.56 Å². The quantitative estimate of drug-likeness (QED) is 0.170. The van der Waals surface area contributed by atoms with Crippen LogP contribution in [0, 0.1) is 0 Å². The van der Waals surface area contributed by atoms with Crippen molar-refractivity contribution in [1.29, 1.82) is 0 Å². The molecule has 8 nitrogen and oxygen atoms in total. The summed E-state index contributed by atoms with van der Waals surface area (Å²) in [5, 5.41) is 0.922. The summed E-state index contributed by atoms with van der Waals surface area (Å²) in [5.74, 6) is 1.08. The molecule has 0 saturated heterocycles. The molecule has 1 aliphatic heterocycles. The number of ether oxygens (including phenoxy) is 4. The van der Waals surface area contributed by atoms with Gasteiger partial charge in [-0.3, -0.25) is 9.36 Å². The topological polar surface area (TPSA) is 88.4 Å². The zero-order valence-electron chi connectivity index (χ0n) is 25.3. The van der Waals surface area contributed by atoms with Crippen LogP contribution in [-0.2, 0) is 16.1 Å². The summed E-state index contributed by atoms with van der Waals surface area (Å²) >= 11 is 13.4. The number of fused-ring (bicyclic) bond motifs is 1. The van der Waals surface area contributed by atoms with Crippen LogP contribution in [0.3, 0.4) is 0 Å². The highest BCUT2D eigenvalue weighted by atomic mass is 35.5. The van der Waals surface area contributed by atoms with E-state index in [-0.39, 0.29) is 18.8 Å². The van der Waals surface area contributed by atoms with E-state index in [1.807, 2.05) is 43.3 Å². The van der Waals surface area contributed by atoms with Crippen molar-refractivity contribution in [3.63, 3.8) is 0 Å². The fourth-order valence-corrected chi connectivity index (χ4v) is 6.48. The summed E-state index contributed by atoms with van der Waals surface area (Å²) in [6.45, 7) is 4.23. The van der Waals surface area contributed by atoms with Gasteiger partial charge in [-0.05, 0) is 60.9 Å². The van der Waals surface area contributed by atoms with Gasteiger partial charge in [0.1, 0.15) is 18.4 Å². The van der Waals surface area contributed by atoms with E-state index in [2.05, 4.69) is 0 Å². The first-order chi connectivity index (χ1) is 21.8. The number of carbonyl (C=O) groups excluding carboxylic acids is 1.